The number of hydrogen-bond donors (Lipinski definition) is 0. The van der Waals surface area contributed by atoms with Gasteiger partial charge in [-0.1, -0.05) is 133 Å². The number of hydrogen-bond acceptors (Lipinski definition) is 5. The van der Waals surface area contributed by atoms with E-state index in [0.717, 1.165) is 49.8 Å². The number of rotatable bonds is 5. The number of benzene rings is 7. The molecule has 50 heavy (non-hydrogen) atoms. The predicted molar refractivity (Wildman–Crippen MR) is 207 cm³/mol. The standard InChI is InChI=1S/C45H27N3OS/c1-3-11-28(12-4-1)29-21-23-30(24-22-29)33-16-10-19-38-41(33)36-26-25-32(27-39(36)49-38)44-46-43(31-13-5-2-6-14-31)47-45(48-44)37-18-9-17-35-34-15-7-8-20-40(34)50-42(35)37/h1-27H. The number of aromatic nitrogens is 3. The highest BCUT2D eigenvalue weighted by molar-refractivity contribution is 7.26. The van der Waals surface area contributed by atoms with Gasteiger partial charge in [0.25, 0.3) is 0 Å². The largest absolute Gasteiger partial charge is 0.456 e. The molecule has 0 bridgehead atoms. The van der Waals surface area contributed by atoms with E-state index in [1.807, 2.05) is 42.5 Å². The summed E-state index contributed by atoms with van der Waals surface area (Å²) in [5, 5.41) is 4.60. The summed E-state index contributed by atoms with van der Waals surface area (Å²) in [6.45, 7) is 0. The maximum atomic E-state index is 6.52. The average Bonchev–Trinajstić information content (AvgIpc) is 3.77. The molecule has 0 N–H and O–H groups in total. The molecule has 4 nitrogen and oxygen atoms in total. The molecule has 0 unspecified atom stereocenters. The zero-order valence-electron chi connectivity index (χ0n) is 26.7. The third kappa shape index (κ3) is 4.79. The molecule has 0 fully saturated rings. The van der Waals surface area contributed by atoms with Gasteiger partial charge in [0.15, 0.2) is 17.5 Å². The van der Waals surface area contributed by atoms with E-state index in [1.54, 1.807) is 11.3 Å². The number of fused-ring (bicyclic) bond motifs is 6. The predicted octanol–water partition coefficient (Wildman–Crippen LogP) is 12.5. The molecule has 0 saturated heterocycles. The molecule has 0 aliphatic carbocycles. The van der Waals surface area contributed by atoms with Crippen LogP contribution in [0.25, 0.3) is 98.5 Å². The Hall–Kier alpha value is -6.43. The SMILES string of the molecule is c1ccc(-c2ccc(-c3cccc4oc5cc(-c6nc(-c7ccccc7)nc(-c7cccc8c7sc7ccccc78)n6)ccc5c34)cc2)cc1. The number of nitrogens with zero attached hydrogens (tertiary/aromatic N) is 3. The van der Waals surface area contributed by atoms with Crippen LogP contribution in [0.15, 0.2) is 168 Å². The van der Waals surface area contributed by atoms with Crippen LogP contribution in [0.1, 0.15) is 0 Å². The van der Waals surface area contributed by atoms with Gasteiger partial charge in [-0.2, -0.15) is 0 Å². The van der Waals surface area contributed by atoms with Gasteiger partial charge in [-0.15, -0.1) is 11.3 Å². The summed E-state index contributed by atoms with van der Waals surface area (Å²) in [5.74, 6) is 1.89. The quantitative estimate of drug-likeness (QED) is 0.185. The highest BCUT2D eigenvalue weighted by Gasteiger charge is 2.18. The maximum absolute atomic E-state index is 6.52. The van der Waals surface area contributed by atoms with Crippen LogP contribution in [0.4, 0.5) is 0 Å². The van der Waals surface area contributed by atoms with E-state index in [-0.39, 0.29) is 0 Å². The van der Waals surface area contributed by atoms with E-state index in [4.69, 9.17) is 19.4 Å². The van der Waals surface area contributed by atoms with Gasteiger partial charge in [-0.05, 0) is 52.6 Å². The minimum absolute atomic E-state index is 0.603. The van der Waals surface area contributed by atoms with Crippen molar-refractivity contribution in [2.45, 2.75) is 0 Å². The second-order valence-electron chi connectivity index (χ2n) is 12.4. The fourth-order valence-corrected chi connectivity index (χ4v) is 8.16. The van der Waals surface area contributed by atoms with E-state index >= 15 is 0 Å². The molecule has 0 saturated carbocycles. The molecular weight excluding hydrogens is 631 g/mol. The van der Waals surface area contributed by atoms with Gasteiger partial charge in [0.1, 0.15) is 11.2 Å². The molecule has 0 aliphatic heterocycles. The Labute approximate surface area is 292 Å². The van der Waals surface area contributed by atoms with E-state index < -0.39 is 0 Å². The first-order valence-corrected chi connectivity index (χ1v) is 17.4. The van der Waals surface area contributed by atoms with Crippen molar-refractivity contribution >= 4 is 53.4 Å². The van der Waals surface area contributed by atoms with Crippen molar-refractivity contribution in [3.8, 4) is 56.4 Å². The summed E-state index contributed by atoms with van der Waals surface area (Å²) in [5.41, 5.74) is 9.13. The van der Waals surface area contributed by atoms with E-state index in [1.165, 1.54) is 31.3 Å². The van der Waals surface area contributed by atoms with Crippen LogP contribution in [0, 0.1) is 0 Å². The molecule has 0 spiro atoms. The first-order chi connectivity index (χ1) is 24.8. The molecule has 0 amide bonds. The molecule has 234 valence electrons. The zero-order chi connectivity index (χ0) is 33.0. The summed E-state index contributed by atoms with van der Waals surface area (Å²) >= 11 is 1.77. The Morgan fingerprint density at radius 2 is 0.980 bits per heavy atom. The summed E-state index contributed by atoms with van der Waals surface area (Å²) in [4.78, 5) is 15.2. The van der Waals surface area contributed by atoms with Crippen molar-refractivity contribution in [3.63, 3.8) is 0 Å². The molecular formula is C45H27N3OS. The summed E-state index contributed by atoms with van der Waals surface area (Å²) in [6.07, 6.45) is 0. The minimum Gasteiger partial charge on any atom is -0.456 e. The Morgan fingerprint density at radius 1 is 0.380 bits per heavy atom. The fourth-order valence-electron chi connectivity index (χ4n) is 6.94. The summed E-state index contributed by atoms with van der Waals surface area (Å²) in [7, 11) is 0. The molecule has 5 heteroatoms. The van der Waals surface area contributed by atoms with E-state index in [0.29, 0.717) is 17.5 Å². The summed E-state index contributed by atoms with van der Waals surface area (Å²) in [6, 6.07) is 56.8. The Balaban J connectivity index is 1.11. The van der Waals surface area contributed by atoms with Crippen LogP contribution >= 0.6 is 11.3 Å². The molecule has 7 aromatic carbocycles. The van der Waals surface area contributed by atoms with Gasteiger partial charge in [-0.3, -0.25) is 0 Å². The van der Waals surface area contributed by atoms with Gasteiger partial charge in [0.2, 0.25) is 0 Å². The molecule has 0 aliphatic rings. The Bertz CT molecular complexity index is 2860. The second kappa shape index (κ2) is 11.6. The van der Waals surface area contributed by atoms with Crippen molar-refractivity contribution in [1.29, 1.82) is 0 Å². The van der Waals surface area contributed by atoms with Gasteiger partial charge in [0, 0.05) is 47.6 Å². The van der Waals surface area contributed by atoms with E-state index in [9.17, 15) is 0 Å². The lowest BCUT2D eigenvalue weighted by Gasteiger charge is -2.09. The van der Waals surface area contributed by atoms with Gasteiger partial charge < -0.3 is 4.42 Å². The summed E-state index contributed by atoms with van der Waals surface area (Å²) < 4.78 is 8.93. The topological polar surface area (TPSA) is 51.8 Å². The molecule has 10 aromatic rings. The lowest BCUT2D eigenvalue weighted by molar-refractivity contribution is 0.669. The number of furan rings is 1. The highest BCUT2D eigenvalue weighted by Crippen LogP contribution is 2.41. The Morgan fingerprint density at radius 3 is 1.80 bits per heavy atom. The average molecular weight is 658 g/mol. The van der Waals surface area contributed by atoms with Crippen molar-refractivity contribution in [2.24, 2.45) is 0 Å². The third-order valence-electron chi connectivity index (χ3n) is 9.37. The van der Waals surface area contributed by atoms with Crippen molar-refractivity contribution in [3.05, 3.63) is 164 Å². The van der Waals surface area contributed by atoms with Gasteiger partial charge in [-0.25, -0.2) is 15.0 Å². The zero-order valence-corrected chi connectivity index (χ0v) is 27.6. The second-order valence-corrected chi connectivity index (χ2v) is 13.4. The normalized spacial score (nSPS) is 11.6. The lowest BCUT2D eigenvalue weighted by atomic mass is 9.96. The monoisotopic (exact) mass is 657 g/mol. The van der Waals surface area contributed by atoms with E-state index in [2.05, 4.69) is 121 Å². The van der Waals surface area contributed by atoms with Crippen LogP contribution in [-0.2, 0) is 0 Å². The van der Waals surface area contributed by atoms with Crippen molar-refractivity contribution in [2.75, 3.05) is 0 Å². The number of thiophene rings is 1. The third-order valence-corrected chi connectivity index (χ3v) is 10.6. The van der Waals surface area contributed by atoms with Crippen LogP contribution in [-0.4, -0.2) is 15.0 Å². The van der Waals surface area contributed by atoms with Crippen LogP contribution in [0.2, 0.25) is 0 Å². The van der Waals surface area contributed by atoms with Gasteiger partial charge >= 0.3 is 0 Å². The fraction of sp³-hybridized carbons (Fsp3) is 0. The van der Waals surface area contributed by atoms with Crippen LogP contribution in [0.3, 0.4) is 0 Å². The van der Waals surface area contributed by atoms with Crippen molar-refractivity contribution < 1.29 is 4.42 Å². The van der Waals surface area contributed by atoms with Crippen molar-refractivity contribution in [1.82, 2.24) is 15.0 Å². The van der Waals surface area contributed by atoms with Gasteiger partial charge in [0.05, 0.1) is 0 Å². The lowest BCUT2D eigenvalue weighted by Crippen LogP contribution is -2.00. The van der Waals surface area contributed by atoms with Crippen LogP contribution in [0.5, 0.6) is 0 Å². The molecule has 0 atom stereocenters. The molecule has 0 radical (unpaired) electrons. The molecule has 3 heterocycles. The minimum atomic E-state index is 0.603. The molecule has 10 rings (SSSR count). The van der Waals surface area contributed by atoms with Crippen LogP contribution < -0.4 is 0 Å². The first kappa shape index (κ1) is 28.6. The Kier molecular flexibility index (Phi) is 6.64. The first-order valence-electron chi connectivity index (χ1n) is 16.6. The molecule has 3 aromatic heterocycles. The maximum Gasteiger partial charge on any atom is 0.165 e. The highest BCUT2D eigenvalue weighted by atomic mass is 32.1. The smallest absolute Gasteiger partial charge is 0.165 e.